The molecule has 1 heteroatoms. The van der Waals surface area contributed by atoms with Crippen molar-refractivity contribution in [3.8, 4) is 55.8 Å². The van der Waals surface area contributed by atoms with Crippen LogP contribution < -0.4 is 0 Å². The number of furan rings is 1. The summed E-state index contributed by atoms with van der Waals surface area (Å²) in [6, 6.07) is 70.3. The second kappa shape index (κ2) is 11.8. The van der Waals surface area contributed by atoms with Crippen LogP contribution in [0.15, 0.2) is 199 Å². The zero-order chi connectivity index (χ0) is 34.9. The summed E-state index contributed by atoms with van der Waals surface area (Å²) in [5, 5.41) is 11.3. The molecular formula is C52H32O. The molecule has 0 aliphatic rings. The van der Waals surface area contributed by atoms with E-state index in [0.717, 1.165) is 33.4 Å². The van der Waals surface area contributed by atoms with Crippen LogP contribution in [0, 0.1) is 0 Å². The molecule has 11 rings (SSSR count). The number of hydrogen-bond acceptors (Lipinski definition) is 1. The maximum Gasteiger partial charge on any atom is 0.143 e. The van der Waals surface area contributed by atoms with Gasteiger partial charge in [-0.1, -0.05) is 182 Å². The predicted octanol–water partition coefficient (Wildman–Crippen LogP) is 14.8. The Kier molecular flexibility index (Phi) is 6.62. The molecule has 0 saturated carbocycles. The first kappa shape index (κ1) is 29.7. The van der Waals surface area contributed by atoms with Crippen molar-refractivity contribution in [1.82, 2.24) is 0 Å². The van der Waals surface area contributed by atoms with Gasteiger partial charge in [0.1, 0.15) is 11.3 Å². The van der Waals surface area contributed by atoms with Gasteiger partial charge >= 0.3 is 0 Å². The fraction of sp³-hybridized carbons (Fsp3) is 0. The minimum Gasteiger partial charge on any atom is -0.455 e. The monoisotopic (exact) mass is 672 g/mol. The van der Waals surface area contributed by atoms with Crippen molar-refractivity contribution in [2.24, 2.45) is 0 Å². The molecular weight excluding hydrogens is 641 g/mol. The number of benzene rings is 10. The molecule has 0 bridgehead atoms. The lowest BCUT2D eigenvalue weighted by Crippen LogP contribution is -1.90. The summed E-state index contributed by atoms with van der Waals surface area (Å²) in [5.41, 5.74) is 11.5. The van der Waals surface area contributed by atoms with E-state index >= 15 is 0 Å². The molecule has 246 valence electrons. The van der Waals surface area contributed by atoms with Crippen LogP contribution in [0.2, 0.25) is 0 Å². The van der Waals surface area contributed by atoms with Crippen molar-refractivity contribution in [3.05, 3.63) is 194 Å². The van der Waals surface area contributed by atoms with Gasteiger partial charge in [0.25, 0.3) is 0 Å². The van der Waals surface area contributed by atoms with E-state index in [0.29, 0.717) is 0 Å². The Morgan fingerprint density at radius 1 is 0.283 bits per heavy atom. The minimum atomic E-state index is 0.885. The van der Waals surface area contributed by atoms with Crippen molar-refractivity contribution in [3.63, 3.8) is 0 Å². The van der Waals surface area contributed by atoms with Gasteiger partial charge in [-0.15, -0.1) is 0 Å². The summed E-state index contributed by atoms with van der Waals surface area (Å²) in [5.74, 6) is 0.885. The summed E-state index contributed by atoms with van der Waals surface area (Å²) in [4.78, 5) is 0. The van der Waals surface area contributed by atoms with Crippen LogP contribution in [0.25, 0.3) is 110 Å². The van der Waals surface area contributed by atoms with Gasteiger partial charge in [0, 0.05) is 16.5 Å². The summed E-state index contributed by atoms with van der Waals surface area (Å²) in [6.45, 7) is 0. The van der Waals surface area contributed by atoms with Crippen molar-refractivity contribution in [2.45, 2.75) is 0 Å². The summed E-state index contributed by atoms with van der Waals surface area (Å²) >= 11 is 0. The number of hydrogen-bond donors (Lipinski definition) is 0. The lowest BCUT2D eigenvalue weighted by molar-refractivity contribution is 0.632. The van der Waals surface area contributed by atoms with Crippen molar-refractivity contribution in [1.29, 1.82) is 0 Å². The summed E-state index contributed by atoms with van der Waals surface area (Å²) < 4.78 is 6.74. The third kappa shape index (κ3) is 4.71. The Morgan fingerprint density at radius 2 is 0.811 bits per heavy atom. The first-order chi connectivity index (χ1) is 26.3. The molecule has 0 unspecified atom stereocenters. The third-order valence-corrected chi connectivity index (χ3v) is 11.1. The molecule has 0 spiro atoms. The van der Waals surface area contributed by atoms with E-state index in [1.54, 1.807) is 0 Å². The average molecular weight is 673 g/mol. The maximum absolute atomic E-state index is 6.74. The van der Waals surface area contributed by atoms with E-state index in [2.05, 4.69) is 188 Å². The Balaban J connectivity index is 1.06. The molecule has 0 aliphatic heterocycles. The zero-order valence-electron chi connectivity index (χ0n) is 28.9. The molecule has 0 fully saturated rings. The summed E-state index contributed by atoms with van der Waals surface area (Å²) in [7, 11) is 0. The van der Waals surface area contributed by atoms with Crippen LogP contribution in [0.5, 0.6) is 0 Å². The van der Waals surface area contributed by atoms with E-state index in [4.69, 9.17) is 4.42 Å². The van der Waals surface area contributed by atoms with E-state index in [1.165, 1.54) is 76.5 Å². The highest BCUT2D eigenvalue weighted by Crippen LogP contribution is 2.45. The van der Waals surface area contributed by atoms with Gasteiger partial charge in [0.05, 0.1) is 0 Å². The number of para-hydroxylation sites is 1. The van der Waals surface area contributed by atoms with Crippen molar-refractivity contribution < 1.29 is 4.42 Å². The lowest BCUT2D eigenvalue weighted by Gasteiger charge is -2.17. The second-order valence-electron chi connectivity index (χ2n) is 14.0. The van der Waals surface area contributed by atoms with Crippen molar-refractivity contribution in [2.75, 3.05) is 0 Å². The normalized spacial score (nSPS) is 11.8. The molecule has 1 heterocycles. The van der Waals surface area contributed by atoms with E-state index < -0.39 is 0 Å². The number of rotatable bonds is 5. The Labute approximate surface area is 307 Å². The van der Waals surface area contributed by atoms with Crippen molar-refractivity contribution >= 4 is 54.1 Å². The van der Waals surface area contributed by atoms with Gasteiger partial charge in [-0.3, -0.25) is 0 Å². The SMILES string of the molecule is c1ccc(-c2ccc3ccc4c(-c5cccc(-c6oc7ccccc7c6-c6ccc(-c7cccc8ccccc78)cc6)c5)ccc5ccc2c3c54)cc1. The zero-order valence-corrected chi connectivity index (χ0v) is 28.9. The highest BCUT2D eigenvalue weighted by atomic mass is 16.3. The van der Waals surface area contributed by atoms with Crippen LogP contribution in [0.1, 0.15) is 0 Å². The van der Waals surface area contributed by atoms with Gasteiger partial charge in [0.2, 0.25) is 0 Å². The smallest absolute Gasteiger partial charge is 0.143 e. The molecule has 10 aromatic carbocycles. The second-order valence-corrected chi connectivity index (χ2v) is 14.0. The molecule has 0 saturated heterocycles. The molecule has 0 aliphatic carbocycles. The first-order valence-corrected chi connectivity index (χ1v) is 18.3. The van der Waals surface area contributed by atoms with Crippen LogP contribution in [-0.4, -0.2) is 0 Å². The van der Waals surface area contributed by atoms with Crippen LogP contribution in [0.4, 0.5) is 0 Å². The van der Waals surface area contributed by atoms with Crippen LogP contribution >= 0.6 is 0 Å². The molecule has 0 radical (unpaired) electrons. The molecule has 1 aromatic heterocycles. The topological polar surface area (TPSA) is 13.1 Å². The predicted molar refractivity (Wildman–Crippen MR) is 225 cm³/mol. The molecule has 1 nitrogen and oxygen atoms in total. The molecule has 0 N–H and O–H groups in total. The highest BCUT2D eigenvalue weighted by Gasteiger charge is 2.20. The minimum absolute atomic E-state index is 0.885. The van der Waals surface area contributed by atoms with Gasteiger partial charge in [-0.05, 0) is 94.2 Å². The molecule has 0 atom stereocenters. The van der Waals surface area contributed by atoms with Crippen LogP contribution in [-0.2, 0) is 0 Å². The average Bonchev–Trinajstić information content (AvgIpc) is 3.63. The molecule has 11 aromatic rings. The van der Waals surface area contributed by atoms with Gasteiger partial charge in [-0.2, -0.15) is 0 Å². The standard InChI is InChI=1S/C52H32O/c1-2-10-33(11-3-1)43-28-24-36-27-31-46-44(29-25-37-26-30-45(43)49(36)50(37)46)39-14-8-15-40(32-39)52-51(47-17-6-7-19-48(47)53-52)38-22-20-35(21-23-38)42-18-9-13-34-12-4-5-16-41(34)42/h1-32H. The number of fused-ring (bicyclic) bond motifs is 2. The van der Waals surface area contributed by atoms with E-state index in [1.807, 2.05) is 6.07 Å². The molecule has 0 amide bonds. The Hall–Kier alpha value is -6.96. The Morgan fingerprint density at radius 3 is 1.58 bits per heavy atom. The van der Waals surface area contributed by atoms with Gasteiger partial charge in [-0.25, -0.2) is 0 Å². The Bertz CT molecular complexity index is 3140. The summed E-state index contributed by atoms with van der Waals surface area (Å²) in [6.07, 6.45) is 0. The van der Waals surface area contributed by atoms with Gasteiger partial charge < -0.3 is 4.42 Å². The third-order valence-electron chi connectivity index (χ3n) is 11.1. The van der Waals surface area contributed by atoms with Gasteiger partial charge in [0.15, 0.2) is 0 Å². The van der Waals surface area contributed by atoms with E-state index in [9.17, 15) is 0 Å². The van der Waals surface area contributed by atoms with Crippen LogP contribution in [0.3, 0.4) is 0 Å². The maximum atomic E-state index is 6.74. The largest absolute Gasteiger partial charge is 0.455 e. The lowest BCUT2D eigenvalue weighted by atomic mass is 9.87. The first-order valence-electron chi connectivity index (χ1n) is 18.3. The van der Waals surface area contributed by atoms with E-state index in [-0.39, 0.29) is 0 Å². The highest BCUT2D eigenvalue weighted by molar-refractivity contribution is 6.27. The fourth-order valence-corrected chi connectivity index (χ4v) is 8.58. The molecule has 53 heavy (non-hydrogen) atoms. The quantitative estimate of drug-likeness (QED) is 0.166. The fourth-order valence-electron chi connectivity index (χ4n) is 8.58.